The molecule has 0 bridgehead atoms. The fraction of sp³-hybridized carbons (Fsp3) is 0.800. The van der Waals surface area contributed by atoms with Gasteiger partial charge in [0.05, 0.1) is 0 Å². The first-order valence-electron chi connectivity index (χ1n) is 5.32. The van der Waals surface area contributed by atoms with Gasteiger partial charge in [-0.15, -0.1) is 0 Å². The summed E-state index contributed by atoms with van der Waals surface area (Å²) in [6.07, 6.45) is 1.60. The van der Waals surface area contributed by atoms with E-state index in [4.69, 9.17) is 15.7 Å². The molecule has 0 aromatic carbocycles. The van der Waals surface area contributed by atoms with E-state index in [0.29, 0.717) is 32.4 Å². The molecular weight excluding hydrogens is 210 g/mol. The molecule has 0 aromatic heterocycles. The van der Waals surface area contributed by atoms with Gasteiger partial charge >= 0.3 is 0 Å². The molecule has 0 saturated carbocycles. The molecule has 0 radical (unpaired) electrons. The van der Waals surface area contributed by atoms with Gasteiger partial charge in [0.1, 0.15) is 5.84 Å². The second-order valence-corrected chi connectivity index (χ2v) is 3.81. The summed E-state index contributed by atoms with van der Waals surface area (Å²) in [5.74, 6) is 0.403. The SMILES string of the molecule is COCC(C)CC(=O)NCCCC(N)=NO. The van der Waals surface area contributed by atoms with Crippen LogP contribution in [-0.4, -0.2) is 37.2 Å². The van der Waals surface area contributed by atoms with Crippen LogP contribution >= 0.6 is 0 Å². The topological polar surface area (TPSA) is 96.9 Å². The number of methoxy groups -OCH3 is 1. The van der Waals surface area contributed by atoms with Crippen LogP contribution in [0.4, 0.5) is 0 Å². The predicted octanol–water partition coefficient (Wildman–Crippen LogP) is 0.302. The van der Waals surface area contributed by atoms with Crippen LogP contribution in [0.25, 0.3) is 0 Å². The van der Waals surface area contributed by atoms with Crippen molar-refractivity contribution in [3.05, 3.63) is 0 Å². The highest BCUT2D eigenvalue weighted by atomic mass is 16.5. The van der Waals surface area contributed by atoms with Crippen molar-refractivity contribution < 1.29 is 14.7 Å². The molecule has 0 rings (SSSR count). The van der Waals surface area contributed by atoms with Gasteiger partial charge in [-0.2, -0.15) is 0 Å². The Balaban J connectivity index is 3.51. The number of amides is 1. The minimum atomic E-state index is 0.00376. The smallest absolute Gasteiger partial charge is 0.220 e. The first-order valence-corrected chi connectivity index (χ1v) is 5.32. The summed E-state index contributed by atoms with van der Waals surface area (Å²) in [6.45, 7) is 3.08. The van der Waals surface area contributed by atoms with Crippen molar-refractivity contribution in [2.75, 3.05) is 20.3 Å². The molecule has 0 fully saturated rings. The molecule has 0 aliphatic heterocycles. The van der Waals surface area contributed by atoms with E-state index in [1.807, 2.05) is 6.92 Å². The third-order valence-corrected chi connectivity index (χ3v) is 2.05. The Morgan fingerprint density at radius 1 is 1.62 bits per heavy atom. The van der Waals surface area contributed by atoms with Crippen molar-refractivity contribution in [2.24, 2.45) is 16.8 Å². The van der Waals surface area contributed by atoms with Crippen LogP contribution in [0, 0.1) is 5.92 Å². The molecule has 6 heteroatoms. The van der Waals surface area contributed by atoms with Crippen LogP contribution in [0.15, 0.2) is 5.16 Å². The largest absolute Gasteiger partial charge is 0.409 e. The van der Waals surface area contributed by atoms with Gasteiger partial charge < -0.3 is 21.0 Å². The van der Waals surface area contributed by atoms with Gasteiger partial charge in [0.25, 0.3) is 0 Å². The highest BCUT2D eigenvalue weighted by molar-refractivity contribution is 5.79. The van der Waals surface area contributed by atoms with E-state index in [2.05, 4.69) is 10.5 Å². The standard InChI is InChI=1S/C10H21N3O3/c1-8(7-16-2)6-10(14)12-5-3-4-9(11)13-15/h8,15H,3-7H2,1-2H3,(H2,11,13)(H,12,14). The second kappa shape index (κ2) is 8.96. The third-order valence-electron chi connectivity index (χ3n) is 2.05. The van der Waals surface area contributed by atoms with Gasteiger partial charge in [-0.25, -0.2) is 0 Å². The molecule has 0 aliphatic rings. The van der Waals surface area contributed by atoms with Gasteiger partial charge in [-0.05, 0) is 12.3 Å². The lowest BCUT2D eigenvalue weighted by Crippen LogP contribution is -2.27. The van der Waals surface area contributed by atoms with Crippen molar-refractivity contribution >= 4 is 11.7 Å². The Hall–Kier alpha value is -1.30. The summed E-state index contributed by atoms with van der Waals surface area (Å²) < 4.78 is 4.94. The lowest BCUT2D eigenvalue weighted by atomic mass is 10.1. The molecule has 1 atom stereocenters. The molecule has 6 nitrogen and oxygen atoms in total. The van der Waals surface area contributed by atoms with Crippen molar-refractivity contribution in [3.63, 3.8) is 0 Å². The quantitative estimate of drug-likeness (QED) is 0.184. The molecular formula is C10H21N3O3. The highest BCUT2D eigenvalue weighted by Gasteiger charge is 2.07. The van der Waals surface area contributed by atoms with E-state index < -0.39 is 0 Å². The van der Waals surface area contributed by atoms with Crippen molar-refractivity contribution in [3.8, 4) is 0 Å². The Morgan fingerprint density at radius 3 is 2.88 bits per heavy atom. The molecule has 1 amide bonds. The van der Waals surface area contributed by atoms with Crippen LogP contribution in [-0.2, 0) is 9.53 Å². The van der Waals surface area contributed by atoms with Crippen molar-refractivity contribution in [2.45, 2.75) is 26.2 Å². The Morgan fingerprint density at radius 2 is 2.31 bits per heavy atom. The summed E-state index contributed by atoms with van der Waals surface area (Å²) in [5.41, 5.74) is 5.28. The average molecular weight is 231 g/mol. The fourth-order valence-electron chi connectivity index (χ4n) is 1.28. The molecule has 0 aromatic rings. The molecule has 4 N–H and O–H groups in total. The number of hydrogen-bond donors (Lipinski definition) is 3. The molecule has 0 aliphatic carbocycles. The molecule has 1 unspecified atom stereocenters. The number of carbonyl (C=O) groups is 1. The summed E-state index contributed by atoms with van der Waals surface area (Å²) in [7, 11) is 1.62. The number of hydrogen-bond acceptors (Lipinski definition) is 4. The van der Waals surface area contributed by atoms with E-state index in [1.54, 1.807) is 7.11 Å². The molecule has 94 valence electrons. The maximum Gasteiger partial charge on any atom is 0.220 e. The Labute approximate surface area is 95.8 Å². The van der Waals surface area contributed by atoms with E-state index in [9.17, 15) is 4.79 Å². The molecule has 0 saturated heterocycles. The van der Waals surface area contributed by atoms with Gasteiger partial charge in [0, 0.05) is 33.1 Å². The number of nitrogens with two attached hydrogens (primary N) is 1. The second-order valence-electron chi connectivity index (χ2n) is 3.81. The number of ether oxygens (including phenoxy) is 1. The lowest BCUT2D eigenvalue weighted by molar-refractivity contribution is -0.122. The van der Waals surface area contributed by atoms with Crippen LogP contribution < -0.4 is 11.1 Å². The van der Waals surface area contributed by atoms with Gasteiger partial charge in [0.15, 0.2) is 0 Å². The van der Waals surface area contributed by atoms with E-state index in [1.165, 1.54) is 0 Å². The number of oxime groups is 1. The predicted molar refractivity (Wildman–Crippen MR) is 61.3 cm³/mol. The monoisotopic (exact) mass is 231 g/mol. The zero-order chi connectivity index (χ0) is 12.4. The summed E-state index contributed by atoms with van der Waals surface area (Å²) in [6, 6.07) is 0. The molecule has 0 spiro atoms. The van der Waals surface area contributed by atoms with E-state index in [0.717, 1.165) is 0 Å². The maximum atomic E-state index is 11.4. The zero-order valence-electron chi connectivity index (χ0n) is 9.90. The minimum Gasteiger partial charge on any atom is -0.409 e. The van der Waals surface area contributed by atoms with Crippen molar-refractivity contribution in [1.29, 1.82) is 0 Å². The van der Waals surface area contributed by atoms with Crippen LogP contribution in [0.5, 0.6) is 0 Å². The Kier molecular flexibility index (Phi) is 8.24. The lowest BCUT2D eigenvalue weighted by Gasteiger charge is -2.10. The molecule has 16 heavy (non-hydrogen) atoms. The average Bonchev–Trinajstić information content (AvgIpc) is 2.24. The maximum absolute atomic E-state index is 11.4. The zero-order valence-corrected chi connectivity index (χ0v) is 9.90. The normalized spacial score (nSPS) is 13.5. The summed E-state index contributed by atoms with van der Waals surface area (Å²) >= 11 is 0. The van der Waals surface area contributed by atoms with E-state index in [-0.39, 0.29) is 17.7 Å². The highest BCUT2D eigenvalue weighted by Crippen LogP contribution is 2.01. The number of nitrogens with one attached hydrogen (secondary N) is 1. The fourth-order valence-corrected chi connectivity index (χ4v) is 1.28. The summed E-state index contributed by atoms with van der Waals surface area (Å²) in [4.78, 5) is 11.4. The third kappa shape index (κ3) is 8.05. The number of nitrogens with zero attached hydrogens (tertiary/aromatic N) is 1. The van der Waals surface area contributed by atoms with Crippen LogP contribution in [0.1, 0.15) is 26.2 Å². The number of rotatable bonds is 8. The first-order chi connectivity index (χ1) is 7.60. The van der Waals surface area contributed by atoms with E-state index >= 15 is 0 Å². The van der Waals surface area contributed by atoms with Gasteiger partial charge in [-0.1, -0.05) is 12.1 Å². The van der Waals surface area contributed by atoms with Crippen LogP contribution in [0.2, 0.25) is 0 Å². The van der Waals surface area contributed by atoms with Gasteiger partial charge in [0.2, 0.25) is 5.91 Å². The number of carbonyl (C=O) groups excluding carboxylic acids is 1. The van der Waals surface area contributed by atoms with Crippen LogP contribution in [0.3, 0.4) is 0 Å². The van der Waals surface area contributed by atoms with Gasteiger partial charge in [-0.3, -0.25) is 4.79 Å². The Bertz CT molecular complexity index is 231. The van der Waals surface area contributed by atoms with Crippen molar-refractivity contribution in [1.82, 2.24) is 5.32 Å². The number of amidine groups is 1. The summed E-state index contributed by atoms with van der Waals surface area (Å²) in [5, 5.41) is 13.9. The molecule has 0 heterocycles. The minimum absolute atomic E-state index is 0.00376. The first kappa shape index (κ1) is 14.7.